The summed E-state index contributed by atoms with van der Waals surface area (Å²) in [4.78, 5) is 23.7. The second-order valence-electron chi connectivity index (χ2n) is 6.67. The van der Waals surface area contributed by atoms with E-state index in [1.54, 1.807) is 24.3 Å². The van der Waals surface area contributed by atoms with Gasteiger partial charge in [-0.3, -0.25) is 10.1 Å². The average molecular weight is 404 g/mol. The van der Waals surface area contributed by atoms with Gasteiger partial charge in [-0.2, -0.15) is 0 Å². The molecule has 2 amide bonds. The fourth-order valence-corrected chi connectivity index (χ4v) is 2.81. The predicted octanol–water partition coefficient (Wildman–Crippen LogP) is 4.51. The number of nitrogens with one attached hydrogen (secondary N) is 2. The molecule has 2 N–H and O–H groups in total. The number of hydrogen-bond acceptors (Lipinski definition) is 4. The van der Waals surface area contributed by atoms with Crippen molar-refractivity contribution in [2.75, 3.05) is 12.4 Å². The van der Waals surface area contributed by atoms with Crippen LogP contribution in [0.4, 0.5) is 10.5 Å². The van der Waals surface area contributed by atoms with Crippen LogP contribution in [0, 0.1) is 0 Å². The molecule has 3 aromatic carbocycles. The summed E-state index contributed by atoms with van der Waals surface area (Å²) >= 11 is 0. The molecule has 0 radical (unpaired) electrons. The molecule has 0 saturated carbocycles. The molecule has 3 aromatic rings. The predicted molar refractivity (Wildman–Crippen MR) is 115 cm³/mol. The summed E-state index contributed by atoms with van der Waals surface area (Å²) in [7, 11) is 1.28. The zero-order valence-electron chi connectivity index (χ0n) is 16.8. The van der Waals surface area contributed by atoms with Crippen molar-refractivity contribution in [3.63, 3.8) is 0 Å². The largest absolute Gasteiger partial charge is 0.453 e. The summed E-state index contributed by atoms with van der Waals surface area (Å²) in [5.41, 5.74) is 4.15. The first kappa shape index (κ1) is 21.1. The third kappa shape index (κ3) is 6.46. The number of rotatable bonds is 8. The first-order valence-corrected chi connectivity index (χ1v) is 9.57. The Morgan fingerprint density at radius 3 is 2.17 bits per heavy atom. The lowest BCUT2D eigenvalue weighted by atomic mass is 10.1. The summed E-state index contributed by atoms with van der Waals surface area (Å²) in [5.74, 6) is -0.223. The van der Waals surface area contributed by atoms with Gasteiger partial charge in [0.25, 0.3) is 5.91 Å². The van der Waals surface area contributed by atoms with Gasteiger partial charge in [0.05, 0.1) is 20.3 Å². The van der Waals surface area contributed by atoms with E-state index >= 15 is 0 Å². The number of anilines is 1. The number of benzene rings is 3. The van der Waals surface area contributed by atoms with Gasteiger partial charge in [-0.15, -0.1) is 0 Å². The van der Waals surface area contributed by atoms with Crippen LogP contribution < -0.4 is 10.6 Å². The summed E-state index contributed by atoms with van der Waals surface area (Å²) in [6, 6.07) is 24.6. The summed E-state index contributed by atoms with van der Waals surface area (Å²) < 4.78 is 10.3. The van der Waals surface area contributed by atoms with Gasteiger partial charge in [-0.1, -0.05) is 60.7 Å². The van der Waals surface area contributed by atoms with E-state index in [-0.39, 0.29) is 5.91 Å². The number of ether oxygens (including phenoxy) is 2. The minimum absolute atomic E-state index is 0.223. The molecule has 0 saturated heterocycles. The van der Waals surface area contributed by atoms with Crippen molar-refractivity contribution in [2.45, 2.75) is 19.8 Å². The van der Waals surface area contributed by atoms with Gasteiger partial charge in [0.2, 0.25) is 0 Å². The Kier molecular flexibility index (Phi) is 7.58. The lowest BCUT2D eigenvalue weighted by Crippen LogP contribution is -2.23. The van der Waals surface area contributed by atoms with Crippen LogP contribution >= 0.6 is 0 Å². The van der Waals surface area contributed by atoms with Gasteiger partial charge in [0.15, 0.2) is 0 Å². The van der Waals surface area contributed by atoms with E-state index in [4.69, 9.17) is 4.74 Å². The van der Waals surface area contributed by atoms with Crippen molar-refractivity contribution < 1.29 is 19.1 Å². The zero-order valence-corrected chi connectivity index (χ0v) is 16.8. The van der Waals surface area contributed by atoms with E-state index in [1.165, 1.54) is 7.11 Å². The summed E-state index contributed by atoms with van der Waals surface area (Å²) in [6.07, 6.45) is -0.583. The van der Waals surface area contributed by atoms with Crippen molar-refractivity contribution >= 4 is 17.7 Å². The molecular weight excluding hydrogens is 380 g/mol. The molecule has 0 aliphatic heterocycles. The van der Waals surface area contributed by atoms with Crippen molar-refractivity contribution in [3.8, 4) is 0 Å². The van der Waals surface area contributed by atoms with E-state index in [1.807, 2.05) is 54.6 Å². The maximum atomic E-state index is 12.4. The lowest BCUT2D eigenvalue weighted by Gasteiger charge is -2.09. The van der Waals surface area contributed by atoms with Gasteiger partial charge < -0.3 is 14.8 Å². The Bertz CT molecular complexity index is 972. The lowest BCUT2D eigenvalue weighted by molar-refractivity contribution is 0.0950. The van der Waals surface area contributed by atoms with Crippen LogP contribution in [0.3, 0.4) is 0 Å². The molecule has 6 nitrogen and oxygen atoms in total. The van der Waals surface area contributed by atoms with Gasteiger partial charge in [-0.25, -0.2) is 4.79 Å². The quantitative estimate of drug-likeness (QED) is 0.579. The molecule has 0 unspecified atom stereocenters. The van der Waals surface area contributed by atoms with Crippen molar-refractivity contribution in [1.29, 1.82) is 0 Å². The van der Waals surface area contributed by atoms with Crippen LogP contribution in [0.1, 0.15) is 27.0 Å². The highest BCUT2D eigenvalue weighted by Gasteiger charge is 2.08. The monoisotopic (exact) mass is 404 g/mol. The number of amides is 2. The maximum absolute atomic E-state index is 12.4. The number of carbonyl (C=O) groups excluding carboxylic acids is 2. The average Bonchev–Trinajstić information content (AvgIpc) is 2.79. The number of carbonyl (C=O) groups is 2. The minimum atomic E-state index is -0.583. The van der Waals surface area contributed by atoms with E-state index < -0.39 is 6.09 Å². The molecule has 154 valence electrons. The molecule has 30 heavy (non-hydrogen) atoms. The Labute approximate surface area is 175 Å². The number of methoxy groups -OCH3 is 1. The van der Waals surface area contributed by atoms with Gasteiger partial charge >= 0.3 is 6.09 Å². The molecule has 6 heteroatoms. The molecule has 0 aromatic heterocycles. The molecule has 0 bridgehead atoms. The van der Waals surface area contributed by atoms with Crippen LogP contribution in [0.25, 0.3) is 0 Å². The third-order valence-corrected chi connectivity index (χ3v) is 4.41. The molecule has 0 aliphatic carbocycles. The molecule has 0 spiro atoms. The van der Waals surface area contributed by atoms with Crippen LogP contribution in [0.5, 0.6) is 0 Å². The van der Waals surface area contributed by atoms with Crippen LogP contribution in [-0.2, 0) is 29.2 Å². The maximum Gasteiger partial charge on any atom is 0.411 e. The van der Waals surface area contributed by atoms with Gasteiger partial charge in [0, 0.05) is 17.8 Å². The molecule has 0 heterocycles. The first-order chi connectivity index (χ1) is 14.6. The Morgan fingerprint density at radius 2 is 1.47 bits per heavy atom. The first-order valence-electron chi connectivity index (χ1n) is 9.57. The Hall–Kier alpha value is -3.64. The molecule has 0 atom stereocenters. The molecule has 0 aliphatic rings. The summed E-state index contributed by atoms with van der Waals surface area (Å²) in [6.45, 7) is 1.50. The van der Waals surface area contributed by atoms with E-state index in [2.05, 4.69) is 15.4 Å². The van der Waals surface area contributed by atoms with E-state index in [0.717, 1.165) is 16.7 Å². The van der Waals surface area contributed by atoms with Crippen LogP contribution in [-0.4, -0.2) is 19.1 Å². The second-order valence-corrected chi connectivity index (χ2v) is 6.67. The topological polar surface area (TPSA) is 76.7 Å². The third-order valence-electron chi connectivity index (χ3n) is 4.41. The highest BCUT2D eigenvalue weighted by molar-refractivity contribution is 5.96. The van der Waals surface area contributed by atoms with Crippen molar-refractivity contribution in [3.05, 3.63) is 101 Å². The molecular formula is C24H24N2O4. The van der Waals surface area contributed by atoms with Crippen molar-refractivity contribution in [2.24, 2.45) is 0 Å². The fourth-order valence-electron chi connectivity index (χ4n) is 2.81. The molecule has 0 fully saturated rings. The Morgan fingerprint density at radius 1 is 0.800 bits per heavy atom. The van der Waals surface area contributed by atoms with Crippen molar-refractivity contribution in [1.82, 2.24) is 5.32 Å². The number of hydrogen-bond donors (Lipinski definition) is 2. The van der Waals surface area contributed by atoms with E-state index in [9.17, 15) is 9.59 Å². The SMILES string of the molecule is COC(=O)Nc1cccc(C(=O)NCc2ccc(COCc3ccccc3)cc2)c1. The highest BCUT2D eigenvalue weighted by Crippen LogP contribution is 2.12. The highest BCUT2D eigenvalue weighted by atomic mass is 16.5. The minimum Gasteiger partial charge on any atom is -0.453 e. The van der Waals surface area contributed by atoms with Crippen LogP contribution in [0.15, 0.2) is 78.9 Å². The van der Waals surface area contributed by atoms with Crippen LogP contribution in [0.2, 0.25) is 0 Å². The fraction of sp³-hybridized carbons (Fsp3) is 0.167. The normalized spacial score (nSPS) is 10.3. The van der Waals surface area contributed by atoms with Gasteiger partial charge in [-0.05, 0) is 34.9 Å². The zero-order chi connectivity index (χ0) is 21.2. The smallest absolute Gasteiger partial charge is 0.411 e. The molecule has 3 rings (SSSR count). The second kappa shape index (κ2) is 10.8. The van der Waals surface area contributed by atoms with Gasteiger partial charge in [0.1, 0.15) is 0 Å². The van der Waals surface area contributed by atoms with E-state index in [0.29, 0.717) is 31.0 Å². The Balaban J connectivity index is 1.47. The standard InChI is InChI=1S/C24H24N2O4/c1-29-24(28)26-22-9-5-8-21(14-22)23(27)25-15-18-10-12-20(13-11-18)17-30-16-19-6-3-2-4-7-19/h2-14H,15-17H2,1H3,(H,25,27)(H,26,28). The summed E-state index contributed by atoms with van der Waals surface area (Å²) in [5, 5.41) is 5.42.